The van der Waals surface area contributed by atoms with Gasteiger partial charge >= 0.3 is 0 Å². The van der Waals surface area contributed by atoms with Crippen LogP contribution in [0, 0.1) is 6.92 Å². The summed E-state index contributed by atoms with van der Waals surface area (Å²) in [6, 6.07) is 5.27. The molecule has 2 aromatic rings. The van der Waals surface area contributed by atoms with Crippen molar-refractivity contribution in [3.63, 3.8) is 0 Å². The molecule has 0 saturated carbocycles. The van der Waals surface area contributed by atoms with Crippen molar-refractivity contribution >= 4 is 20.6 Å². The molecule has 0 amide bonds. The van der Waals surface area contributed by atoms with Gasteiger partial charge in [-0.05, 0) is 25.3 Å². The Morgan fingerprint density at radius 1 is 1.35 bits per heavy atom. The van der Waals surface area contributed by atoms with E-state index in [4.69, 9.17) is 0 Å². The normalized spacial score (nSPS) is 21.9. The van der Waals surface area contributed by atoms with E-state index in [1.165, 1.54) is 4.68 Å². The van der Waals surface area contributed by atoms with Crippen LogP contribution in [0.5, 0.6) is 0 Å². The number of nitrogens with zero attached hydrogens (tertiary/aromatic N) is 2. The zero-order valence-corrected chi connectivity index (χ0v) is 12.1. The van der Waals surface area contributed by atoms with E-state index < -0.39 is 9.84 Å². The fourth-order valence-corrected chi connectivity index (χ4v) is 4.50. The lowest BCUT2D eigenvalue weighted by atomic mass is 10.1. The molecule has 5 nitrogen and oxygen atoms in total. The molecular formula is C14H16N2O3S. The number of hydrogen-bond acceptors (Lipinski definition) is 4. The summed E-state index contributed by atoms with van der Waals surface area (Å²) >= 11 is 0. The predicted octanol–water partition coefficient (Wildman–Crippen LogP) is 1.45. The predicted molar refractivity (Wildman–Crippen MR) is 77.7 cm³/mol. The van der Waals surface area contributed by atoms with E-state index in [1.54, 1.807) is 6.20 Å². The molecule has 106 valence electrons. The Kier molecular flexibility index (Phi) is 3.12. The van der Waals surface area contributed by atoms with Gasteiger partial charge in [0.1, 0.15) is 0 Å². The molecule has 1 aliphatic rings. The zero-order chi connectivity index (χ0) is 14.3. The third kappa shape index (κ3) is 2.24. The molecule has 0 bridgehead atoms. The van der Waals surface area contributed by atoms with E-state index >= 15 is 0 Å². The number of rotatable bonds is 1. The van der Waals surface area contributed by atoms with Gasteiger partial charge in [-0.1, -0.05) is 18.2 Å². The lowest BCUT2D eigenvalue weighted by Crippen LogP contribution is -2.35. The molecule has 1 unspecified atom stereocenters. The first-order chi connectivity index (χ1) is 9.48. The lowest BCUT2D eigenvalue weighted by Gasteiger charge is -2.23. The highest BCUT2D eigenvalue weighted by atomic mass is 32.2. The van der Waals surface area contributed by atoms with E-state index in [1.807, 2.05) is 25.1 Å². The van der Waals surface area contributed by atoms with Gasteiger partial charge in [0, 0.05) is 5.39 Å². The van der Waals surface area contributed by atoms with Crippen molar-refractivity contribution in [1.82, 2.24) is 9.78 Å². The first-order valence-corrected chi connectivity index (χ1v) is 8.48. The van der Waals surface area contributed by atoms with Crippen LogP contribution in [0.1, 0.15) is 24.4 Å². The second-order valence-electron chi connectivity index (χ2n) is 5.34. The monoisotopic (exact) mass is 292 g/mol. The third-order valence-electron chi connectivity index (χ3n) is 3.83. The SMILES string of the molecule is Cc1cccc2cnn(C3CCCS(=O)(=O)C3)c(=O)c12. The summed E-state index contributed by atoms with van der Waals surface area (Å²) in [5, 5.41) is 5.60. The molecule has 1 saturated heterocycles. The minimum atomic E-state index is -3.06. The average Bonchev–Trinajstić information content (AvgIpc) is 2.38. The number of hydrogen-bond donors (Lipinski definition) is 0. The van der Waals surface area contributed by atoms with Crippen LogP contribution in [-0.2, 0) is 9.84 Å². The molecule has 0 aliphatic carbocycles. The van der Waals surface area contributed by atoms with Crippen LogP contribution in [0.15, 0.2) is 29.2 Å². The van der Waals surface area contributed by atoms with Crippen LogP contribution in [0.3, 0.4) is 0 Å². The minimum absolute atomic E-state index is 0.0112. The van der Waals surface area contributed by atoms with Crippen LogP contribution in [-0.4, -0.2) is 29.7 Å². The second-order valence-corrected chi connectivity index (χ2v) is 7.57. The van der Waals surface area contributed by atoms with Crippen molar-refractivity contribution in [1.29, 1.82) is 0 Å². The second kappa shape index (κ2) is 4.70. The van der Waals surface area contributed by atoms with Crippen LogP contribution >= 0.6 is 0 Å². The summed E-state index contributed by atoms with van der Waals surface area (Å²) < 4.78 is 24.8. The largest absolute Gasteiger partial charge is 0.275 e. The summed E-state index contributed by atoms with van der Waals surface area (Å²) in [6.07, 6.45) is 2.92. The molecule has 1 atom stereocenters. The Balaban J connectivity index is 2.16. The Labute approximate surface area is 117 Å². The number of benzene rings is 1. The van der Waals surface area contributed by atoms with Crippen LogP contribution < -0.4 is 5.56 Å². The van der Waals surface area contributed by atoms with E-state index in [2.05, 4.69) is 5.10 Å². The number of sulfone groups is 1. The fourth-order valence-electron chi connectivity index (χ4n) is 2.83. The Bertz CT molecular complexity index is 824. The van der Waals surface area contributed by atoms with E-state index in [0.29, 0.717) is 18.2 Å². The smallest absolute Gasteiger partial charge is 0.267 e. The van der Waals surface area contributed by atoms with Crippen molar-refractivity contribution in [2.75, 3.05) is 11.5 Å². The number of fused-ring (bicyclic) bond motifs is 1. The molecular weight excluding hydrogens is 276 g/mol. The van der Waals surface area contributed by atoms with E-state index in [9.17, 15) is 13.2 Å². The van der Waals surface area contributed by atoms with E-state index in [-0.39, 0.29) is 23.1 Å². The van der Waals surface area contributed by atoms with Crippen molar-refractivity contribution in [2.24, 2.45) is 0 Å². The van der Waals surface area contributed by atoms with Gasteiger partial charge in [-0.2, -0.15) is 5.10 Å². The summed E-state index contributed by atoms with van der Waals surface area (Å²) in [5.41, 5.74) is 0.699. The maximum absolute atomic E-state index is 12.6. The topological polar surface area (TPSA) is 69.0 Å². The summed E-state index contributed by atoms with van der Waals surface area (Å²) in [6.45, 7) is 1.88. The standard InChI is InChI=1S/C14H16N2O3S/c1-10-4-2-5-11-8-15-16(14(17)13(10)11)12-6-3-7-20(18,19)9-12/h2,4-5,8,12H,3,6-7,9H2,1H3. The van der Waals surface area contributed by atoms with Gasteiger partial charge in [0.2, 0.25) is 0 Å². The summed E-state index contributed by atoms with van der Waals surface area (Å²) in [4.78, 5) is 12.6. The molecule has 3 rings (SSSR count). The summed E-state index contributed by atoms with van der Waals surface area (Å²) in [5.74, 6) is 0.224. The average molecular weight is 292 g/mol. The molecule has 20 heavy (non-hydrogen) atoms. The molecule has 1 aromatic carbocycles. The quantitative estimate of drug-likeness (QED) is 0.798. The van der Waals surface area contributed by atoms with Crippen molar-refractivity contribution in [3.05, 3.63) is 40.3 Å². The Morgan fingerprint density at radius 2 is 2.15 bits per heavy atom. The maximum Gasteiger partial charge on any atom is 0.275 e. The first-order valence-electron chi connectivity index (χ1n) is 6.65. The van der Waals surface area contributed by atoms with Gasteiger partial charge in [-0.3, -0.25) is 4.79 Å². The van der Waals surface area contributed by atoms with Gasteiger partial charge in [-0.25, -0.2) is 13.1 Å². The molecule has 6 heteroatoms. The Morgan fingerprint density at radius 3 is 2.90 bits per heavy atom. The van der Waals surface area contributed by atoms with Gasteiger partial charge < -0.3 is 0 Å². The fraction of sp³-hybridized carbons (Fsp3) is 0.429. The third-order valence-corrected chi connectivity index (χ3v) is 5.64. The van der Waals surface area contributed by atoms with Crippen molar-refractivity contribution < 1.29 is 8.42 Å². The first kappa shape index (κ1) is 13.3. The lowest BCUT2D eigenvalue weighted by molar-refractivity contribution is 0.420. The van der Waals surface area contributed by atoms with Gasteiger partial charge in [0.05, 0.1) is 29.1 Å². The van der Waals surface area contributed by atoms with Gasteiger partial charge in [0.25, 0.3) is 5.56 Å². The van der Waals surface area contributed by atoms with Crippen LogP contribution in [0.25, 0.3) is 10.8 Å². The molecule has 0 spiro atoms. The number of aryl methyl sites for hydroxylation is 1. The van der Waals surface area contributed by atoms with Gasteiger partial charge in [-0.15, -0.1) is 0 Å². The summed E-state index contributed by atoms with van der Waals surface area (Å²) in [7, 11) is -3.06. The Hall–Kier alpha value is -1.69. The molecule has 1 aliphatic heterocycles. The number of aromatic nitrogens is 2. The minimum Gasteiger partial charge on any atom is -0.267 e. The van der Waals surface area contributed by atoms with Crippen LogP contribution in [0.4, 0.5) is 0 Å². The van der Waals surface area contributed by atoms with Gasteiger partial charge in [0.15, 0.2) is 9.84 Å². The highest BCUT2D eigenvalue weighted by Crippen LogP contribution is 2.22. The highest BCUT2D eigenvalue weighted by molar-refractivity contribution is 7.91. The molecule has 1 fully saturated rings. The molecule has 0 radical (unpaired) electrons. The zero-order valence-electron chi connectivity index (χ0n) is 11.2. The molecule has 2 heterocycles. The van der Waals surface area contributed by atoms with Crippen molar-refractivity contribution in [2.45, 2.75) is 25.8 Å². The van der Waals surface area contributed by atoms with Crippen LogP contribution in [0.2, 0.25) is 0 Å². The molecule has 1 aromatic heterocycles. The van der Waals surface area contributed by atoms with E-state index in [0.717, 1.165) is 10.9 Å². The highest BCUT2D eigenvalue weighted by Gasteiger charge is 2.27. The maximum atomic E-state index is 12.6. The van der Waals surface area contributed by atoms with Crippen molar-refractivity contribution in [3.8, 4) is 0 Å². The molecule has 0 N–H and O–H groups in total.